The Labute approximate surface area is 226 Å². The molecule has 6 nitrogen and oxygen atoms in total. The second-order valence-electron chi connectivity index (χ2n) is 10.4. The molecule has 1 aliphatic heterocycles. The SMILES string of the molecule is Cc1cc(-c2ccc(-n3ccsc3=O)c(Cl)c2)c(O)c(-c2cccc(N3CCN(C(C)(C)C)CC3)c2)n1. The van der Waals surface area contributed by atoms with Crippen LogP contribution in [0.3, 0.4) is 0 Å². The fourth-order valence-electron chi connectivity index (χ4n) is 4.89. The Hall–Kier alpha value is -3.13. The van der Waals surface area contributed by atoms with Crippen molar-refractivity contribution >= 4 is 28.6 Å². The summed E-state index contributed by atoms with van der Waals surface area (Å²) >= 11 is 7.69. The van der Waals surface area contributed by atoms with E-state index in [0.29, 0.717) is 22.0 Å². The van der Waals surface area contributed by atoms with Gasteiger partial charge in [-0.05, 0) is 63.6 Å². The number of nitrogens with zero attached hydrogens (tertiary/aromatic N) is 4. The number of rotatable bonds is 4. The molecule has 2 aromatic heterocycles. The van der Waals surface area contributed by atoms with Crippen molar-refractivity contribution in [1.82, 2.24) is 14.5 Å². The molecule has 1 N–H and O–H groups in total. The standard InChI is InChI=1S/C29H31ClN4O2S/c1-19-16-23(20-8-9-25(24(30)18-20)34-14-15-37-28(34)36)27(35)26(31-19)21-6-5-7-22(17-21)32-10-12-33(13-11-32)29(2,3)4/h5-9,14-18,35H,10-13H2,1-4H3. The van der Waals surface area contributed by atoms with Gasteiger partial charge < -0.3 is 10.0 Å². The maximum Gasteiger partial charge on any atom is 0.311 e. The van der Waals surface area contributed by atoms with Gasteiger partial charge in [0.05, 0.1) is 10.7 Å². The molecule has 1 saturated heterocycles. The topological polar surface area (TPSA) is 61.6 Å². The zero-order chi connectivity index (χ0) is 26.3. The Kier molecular flexibility index (Phi) is 6.88. The van der Waals surface area contributed by atoms with Crippen LogP contribution in [0, 0.1) is 6.92 Å². The van der Waals surface area contributed by atoms with E-state index in [9.17, 15) is 9.90 Å². The number of thiazole rings is 1. The Morgan fingerprint density at radius 1 is 1.00 bits per heavy atom. The van der Waals surface area contributed by atoms with Crippen molar-refractivity contribution in [3.05, 3.63) is 80.5 Å². The van der Waals surface area contributed by atoms with E-state index < -0.39 is 0 Å². The number of pyridine rings is 1. The van der Waals surface area contributed by atoms with Gasteiger partial charge in [-0.1, -0.05) is 41.1 Å². The lowest BCUT2D eigenvalue weighted by Gasteiger charge is -2.43. The van der Waals surface area contributed by atoms with Crippen LogP contribution in [0.1, 0.15) is 26.5 Å². The third-order valence-corrected chi connectivity index (χ3v) is 7.89. The van der Waals surface area contributed by atoms with Gasteiger partial charge in [0, 0.05) is 65.8 Å². The molecule has 0 bridgehead atoms. The van der Waals surface area contributed by atoms with Crippen LogP contribution in [0.15, 0.2) is 64.9 Å². The van der Waals surface area contributed by atoms with Crippen molar-refractivity contribution in [1.29, 1.82) is 0 Å². The van der Waals surface area contributed by atoms with Crippen molar-refractivity contribution in [2.75, 3.05) is 31.1 Å². The van der Waals surface area contributed by atoms with E-state index in [0.717, 1.165) is 60.0 Å². The second kappa shape index (κ2) is 9.97. The van der Waals surface area contributed by atoms with E-state index in [4.69, 9.17) is 16.6 Å². The van der Waals surface area contributed by atoms with Crippen LogP contribution in [0.4, 0.5) is 5.69 Å². The fourth-order valence-corrected chi connectivity index (χ4v) is 5.73. The van der Waals surface area contributed by atoms with Crippen LogP contribution in [0.25, 0.3) is 28.1 Å². The van der Waals surface area contributed by atoms with Crippen LogP contribution >= 0.6 is 22.9 Å². The first-order chi connectivity index (χ1) is 17.6. The molecular weight excluding hydrogens is 504 g/mol. The number of hydrogen-bond acceptors (Lipinski definition) is 6. The quantitative estimate of drug-likeness (QED) is 0.337. The van der Waals surface area contributed by atoms with Crippen molar-refractivity contribution in [3.63, 3.8) is 0 Å². The van der Waals surface area contributed by atoms with E-state index in [1.54, 1.807) is 23.7 Å². The Morgan fingerprint density at radius 2 is 1.76 bits per heavy atom. The summed E-state index contributed by atoms with van der Waals surface area (Å²) in [4.78, 5) is 21.6. The van der Waals surface area contributed by atoms with Crippen molar-refractivity contribution < 1.29 is 5.11 Å². The number of piperazine rings is 1. The van der Waals surface area contributed by atoms with Gasteiger partial charge >= 0.3 is 4.87 Å². The lowest BCUT2D eigenvalue weighted by molar-refractivity contribution is 0.128. The van der Waals surface area contributed by atoms with E-state index >= 15 is 0 Å². The van der Waals surface area contributed by atoms with Gasteiger partial charge in [0.2, 0.25) is 0 Å². The molecule has 0 aliphatic carbocycles. The molecule has 192 valence electrons. The van der Waals surface area contributed by atoms with Crippen LogP contribution < -0.4 is 9.77 Å². The zero-order valence-corrected chi connectivity index (χ0v) is 23.1. The molecule has 0 spiro atoms. The number of halogens is 1. The molecule has 3 heterocycles. The van der Waals surface area contributed by atoms with Gasteiger partial charge in [-0.25, -0.2) is 4.98 Å². The lowest BCUT2D eigenvalue weighted by atomic mass is 9.99. The smallest absolute Gasteiger partial charge is 0.311 e. The first-order valence-corrected chi connectivity index (χ1v) is 13.6. The zero-order valence-electron chi connectivity index (χ0n) is 21.5. The lowest BCUT2D eigenvalue weighted by Crippen LogP contribution is -2.53. The van der Waals surface area contributed by atoms with Crippen molar-refractivity contribution in [3.8, 4) is 33.8 Å². The fraction of sp³-hybridized carbons (Fsp3) is 0.310. The molecule has 0 unspecified atom stereocenters. The highest BCUT2D eigenvalue weighted by Crippen LogP contribution is 2.40. The predicted molar refractivity (Wildman–Crippen MR) is 154 cm³/mol. The summed E-state index contributed by atoms with van der Waals surface area (Å²) in [6.07, 6.45) is 1.70. The van der Waals surface area contributed by atoms with Gasteiger partial charge in [0.15, 0.2) is 0 Å². The van der Waals surface area contributed by atoms with Crippen molar-refractivity contribution in [2.24, 2.45) is 0 Å². The molecule has 1 aliphatic rings. The van der Waals surface area contributed by atoms with Gasteiger partial charge in [-0.3, -0.25) is 14.3 Å². The molecule has 8 heteroatoms. The van der Waals surface area contributed by atoms with Crippen LogP contribution in [-0.4, -0.2) is 51.3 Å². The summed E-state index contributed by atoms with van der Waals surface area (Å²) in [6, 6.07) is 15.5. The van der Waals surface area contributed by atoms with Gasteiger partial charge in [-0.15, -0.1) is 0 Å². The highest BCUT2D eigenvalue weighted by molar-refractivity contribution is 7.07. The van der Waals surface area contributed by atoms with E-state index in [1.807, 2.05) is 31.2 Å². The number of hydrogen-bond donors (Lipinski definition) is 1. The molecule has 0 radical (unpaired) electrons. The Balaban J connectivity index is 1.47. The minimum absolute atomic E-state index is 0.0979. The third kappa shape index (κ3) is 5.17. The highest BCUT2D eigenvalue weighted by atomic mass is 35.5. The molecule has 0 atom stereocenters. The van der Waals surface area contributed by atoms with Gasteiger partial charge in [0.1, 0.15) is 11.4 Å². The number of aromatic nitrogens is 2. The molecule has 37 heavy (non-hydrogen) atoms. The first-order valence-electron chi connectivity index (χ1n) is 12.4. The monoisotopic (exact) mass is 534 g/mol. The number of aryl methyl sites for hydroxylation is 1. The van der Waals surface area contributed by atoms with Crippen LogP contribution in [0.2, 0.25) is 5.02 Å². The molecule has 2 aromatic carbocycles. The summed E-state index contributed by atoms with van der Waals surface area (Å²) < 4.78 is 1.52. The summed E-state index contributed by atoms with van der Waals surface area (Å²) in [5.74, 6) is 0.108. The predicted octanol–water partition coefficient (Wildman–Crippen LogP) is 6.22. The minimum Gasteiger partial charge on any atom is -0.505 e. The molecule has 0 saturated carbocycles. The van der Waals surface area contributed by atoms with Crippen LogP contribution in [-0.2, 0) is 0 Å². The normalized spacial score (nSPS) is 14.8. The highest BCUT2D eigenvalue weighted by Gasteiger charge is 2.26. The third-order valence-electron chi connectivity index (χ3n) is 6.93. The van der Waals surface area contributed by atoms with E-state index in [-0.39, 0.29) is 16.2 Å². The molecular formula is C29H31ClN4O2S. The molecule has 4 aromatic rings. The molecule has 1 fully saturated rings. The minimum atomic E-state index is -0.0979. The number of aromatic hydroxyl groups is 1. The largest absolute Gasteiger partial charge is 0.505 e. The number of anilines is 1. The summed E-state index contributed by atoms with van der Waals surface area (Å²) in [5.41, 5.74) is 5.52. The maximum atomic E-state index is 12.1. The summed E-state index contributed by atoms with van der Waals surface area (Å²) in [6.45, 7) is 12.6. The first kappa shape index (κ1) is 25.5. The number of benzene rings is 2. The van der Waals surface area contributed by atoms with E-state index in [1.165, 1.54) is 4.57 Å². The molecule has 5 rings (SSSR count). The maximum absolute atomic E-state index is 12.1. The van der Waals surface area contributed by atoms with Gasteiger partial charge in [-0.2, -0.15) is 0 Å². The Bertz CT molecular complexity index is 1500. The van der Waals surface area contributed by atoms with Crippen LogP contribution in [0.5, 0.6) is 5.75 Å². The van der Waals surface area contributed by atoms with E-state index in [2.05, 4.69) is 42.7 Å². The summed E-state index contributed by atoms with van der Waals surface area (Å²) in [5, 5.41) is 13.5. The van der Waals surface area contributed by atoms with Crippen molar-refractivity contribution in [2.45, 2.75) is 33.2 Å². The summed E-state index contributed by atoms with van der Waals surface area (Å²) in [7, 11) is 0. The molecule has 0 amide bonds. The Morgan fingerprint density at radius 3 is 2.41 bits per heavy atom. The average molecular weight is 535 g/mol. The second-order valence-corrected chi connectivity index (χ2v) is 11.7. The average Bonchev–Trinajstić information content (AvgIpc) is 3.30. The van der Waals surface area contributed by atoms with Gasteiger partial charge in [0.25, 0.3) is 0 Å².